The Hall–Kier alpha value is -2.74. The first-order chi connectivity index (χ1) is 10.2. The first kappa shape index (κ1) is 13.3. The number of hydrogen-bond acceptors (Lipinski definition) is 6. The quantitative estimate of drug-likeness (QED) is 0.548. The number of hydrazine groups is 1. The lowest BCUT2D eigenvalue weighted by Gasteiger charge is -2.08. The number of nitrogens with one attached hydrogen (secondary N) is 1. The number of anilines is 1. The van der Waals surface area contributed by atoms with Crippen molar-refractivity contribution in [2.24, 2.45) is 12.9 Å². The number of nitrogens with zero attached hydrogens (tertiary/aromatic N) is 6. The second-order valence-electron chi connectivity index (χ2n) is 4.54. The van der Waals surface area contributed by atoms with Crippen LogP contribution in [0, 0.1) is 0 Å². The second-order valence-corrected chi connectivity index (χ2v) is 4.54. The summed E-state index contributed by atoms with van der Waals surface area (Å²) in [6, 6.07) is 3.67. The zero-order chi connectivity index (χ0) is 14.8. The van der Waals surface area contributed by atoms with Crippen LogP contribution in [0.5, 0.6) is 0 Å². The molecule has 0 unspecified atom stereocenters. The molecule has 3 rings (SSSR count). The minimum Gasteiger partial charge on any atom is -0.308 e. The van der Waals surface area contributed by atoms with Crippen LogP contribution in [0.1, 0.15) is 6.92 Å². The van der Waals surface area contributed by atoms with Crippen molar-refractivity contribution in [2.45, 2.75) is 13.5 Å². The van der Waals surface area contributed by atoms with E-state index >= 15 is 0 Å². The monoisotopic (exact) mass is 284 g/mol. The second kappa shape index (κ2) is 5.33. The molecule has 0 aliphatic rings. The molecule has 0 radical (unpaired) electrons. The lowest BCUT2D eigenvalue weighted by molar-refractivity contribution is 0.664. The molecule has 0 atom stereocenters. The Kier molecular flexibility index (Phi) is 3.36. The van der Waals surface area contributed by atoms with E-state index in [1.54, 1.807) is 23.1 Å². The van der Waals surface area contributed by atoms with Gasteiger partial charge in [0.2, 0.25) is 0 Å². The van der Waals surface area contributed by atoms with Gasteiger partial charge in [-0.3, -0.25) is 9.36 Å². The number of aromatic nitrogens is 6. The molecule has 0 aliphatic heterocycles. The summed E-state index contributed by atoms with van der Waals surface area (Å²) in [5.74, 6) is 6.63. The number of rotatable bonds is 4. The van der Waals surface area contributed by atoms with Crippen LogP contribution in [0.15, 0.2) is 30.7 Å². The number of hydrogen-bond donors (Lipinski definition) is 2. The van der Waals surface area contributed by atoms with E-state index in [9.17, 15) is 0 Å². The SMILES string of the molecule is CCn1nccc1-c1nc(NN)cc(-c2cnn(C)c2)n1. The highest BCUT2D eigenvalue weighted by Gasteiger charge is 2.12. The molecule has 8 heteroatoms. The average Bonchev–Trinajstić information content (AvgIpc) is 3.15. The molecule has 108 valence electrons. The van der Waals surface area contributed by atoms with E-state index in [1.807, 2.05) is 30.9 Å². The molecule has 0 saturated heterocycles. The normalized spacial score (nSPS) is 10.8. The minimum atomic E-state index is 0.544. The summed E-state index contributed by atoms with van der Waals surface area (Å²) >= 11 is 0. The number of nitrogens with two attached hydrogens (primary N) is 1. The Balaban J connectivity index is 2.13. The lowest BCUT2D eigenvalue weighted by atomic mass is 10.2. The van der Waals surface area contributed by atoms with Crippen LogP contribution in [0.3, 0.4) is 0 Å². The molecule has 3 heterocycles. The highest BCUT2D eigenvalue weighted by Crippen LogP contribution is 2.23. The Morgan fingerprint density at radius 1 is 1.29 bits per heavy atom. The molecule has 0 aliphatic carbocycles. The lowest BCUT2D eigenvalue weighted by Crippen LogP contribution is -2.11. The maximum atomic E-state index is 5.51. The van der Waals surface area contributed by atoms with Crippen molar-refractivity contribution >= 4 is 5.82 Å². The smallest absolute Gasteiger partial charge is 0.180 e. The zero-order valence-corrected chi connectivity index (χ0v) is 11.9. The van der Waals surface area contributed by atoms with E-state index in [4.69, 9.17) is 5.84 Å². The molecule has 0 fully saturated rings. The van der Waals surface area contributed by atoms with Gasteiger partial charge in [0, 0.05) is 37.6 Å². The number of aryl methyl sites for hydroxylation is 2. The number of nitrogen functional groups attached to an aromatic ring is 1. The van der Waals surface area contributed by atoms with Crippen molar-refractivity contribution in [2.75, 3.05) is 5.43 Å². The van der Waals surface area contributed by atoms with Crippen LogP contribution in [-0.4, -0.2) is 29.5 Å². The largest absolute Gasteiger partial charge is 0.308 e. The van der Waals surface area contributed by atoms with Crippen LogP contribution in [0.4, 0.5) is 5.82 Å². The summed E-state index contributed by atoms with van der Waals surface area (Å²) in [5, 5.41) is 8.40. The molecule has 0 bridgehead atoms. The van der Waals surface area contributed by atoms with E-state index < -0.39 is 0 Å². The molecule has 0 spiro atoms. The third-order valence-corrected chi connectivity index (χ3v) is 3.12. The van der Waals surface area contributed by atoms with Crippen molar-refractivity contribution in [3.05, 3.63) is 30.7 Å². The third-order valence-electron chi connectivity index (χ3n) is 3.12. The molecule has 3 aromatic rings. The van der Waals surface area contributed by atoms with Gasteiger partial charge in [0.05, 0.1) is 11.9 Å². The maximum Gasteiger partial charge on any atom is 0.180 e. The topological polar surface area (TPSA) is 99.5 Å². The van der Waals surface area contributed by atoms with Crippen molar-refractivity contribution in [3.8, 4) is 22.8 Å². The third kappa shape index (κ3) is 2.48. The summed E-state index contributed by atoms with van der Waals surface area (Å²) in [6.07, 6.45) is 5.38. The average molecular weight is 284 g/mol. The van der Waals surface area contributed by atoms with Gasteiger partial charge in [0.25, 0.3) is 0 Å². The van der Waals surface area contributed by atoms with Gasteiger partial charge >= 0.3 is 0 Å². The van der Waals surface area contributed by atoms with Gasteiger partial charge in [-0.1, -0.05) is 0 Å². The first-order valence-corrected chi connectivity index (χ1v) is 6.58. The Labute approximate surface area is 121 Å². The van der Waals surface area contributed by atoms with Crippen LogP contribution in [0.25, 0.3) is 22.8 Å². The fraction of sp³-hybridized carbons (Fsp3) is 0.231. The first-order valence-electron chi connectivity index (χ1n) is 6.58. The molecule has 0 amide bonds. The van der Waals surface area contributed by atoms with Gasteiger partial charge in [-0.25, -0.2) is 15.8 Å². The van der Waals surface area contributed by atoms with E-state index in [1.165, 1.54) is 0 Å². The van der Waals surface area contributed by atoms with Crippen LogP contribution < -0.4 is 11.3 Å². The Morgan fingerprint density at radius 2 is 2.14 bits per heavy atom. The standard InChI is InChI=1S/C13H16N8/c1-3-21-11(4-5-15-21)13-17-10(6-12(18-13)19-14)9-7-16-20(2)8-9/h4-8H,3,14H2,1-2H3,(H,17,18,19). The van der Waals surface area contributed by atoms with E-state index in [-0.39, 0.29) is 0 Å². The Bertz CT molecular complexity index is 757. The summed E-state index contributed by atoms with van der Waals surface area (Å²) in [5.41, 5.74) is 5.08. The molecule has 8 nitrogen and oxygen atoms in total. The molecule has 0 saturated carbocycles. The highest BCUT2D eigenvalue weighted by atomic mass is 15.3. The van der Waals surface area contributed by atoms with Crippen LogP contribution >= 0.6 is 0 Å². The highest BCUT2D eigenvalue weighted by molar-refractivity contribution is 5.65. The van der Waals surface area contributed by atoms with Gasteiger partial charge in [-0.15, -0.1) is 0 Å². The van der Waals surface area contributed by atoms with Crippen LogP contribution in [-0.2, 0) is 13.6 Å². The minimum absolute atomic E-state index is 0.544. The predicted octanol–water partition coefficient (Wildman–Crippen LogP) is 1.05. The van der Waals surface area contributed by atoms with Crippen molar-refractivity contribution in [1.82, 2.24) is 29.5 Å². The summed E-state index contributed by atoms with van der Waals surface area (Å²) in [4.78, 5) is 9.00. The Morgan fingerprint density at radius 3 is 2.81 bits per heavy atom. The summed E-state index contributed by atoms with van der Waals surface area (Å²) < 4.78 is 3.56. The van der Waals surface area contributed by atoms with Gasteiger partial charge in [0.1, 0.15) is 11.5 Å². The van der Waals surface area contributed by atoms with Gasteiger partial charge < -0.3 is 5.43 Å². The van der Waals surface area contributed by atoms with Crippen molar-refractivity contribution in [1.29, 1.82) is 0 Å². The van der Waals surface area contributed by atoms with E-state index in [0.717, 1.165) is 23.5 Å². The molecule has 3 aromatic heterocycles. The van der Waals surface area contributed by atoms with E-state index in [0.29, 0.717) is 11.6 Å². The molecule has 21 heavy (non-hydrogen) atoms. The molecule has 0 aromatic carbocycles. The van der Waals surface area contributed by atoms with Crippen molar-refractivity contribution in [3.63, 3.8) is 0 Å². The zero-order valence-electron chi connectivity index (χ0n) is 11.9. The summed E-state index contributed by atoms with van der Waals surface area (Å²) in [6.45, 7) is 2.76. The van der Waals surface area contributed by atoms with Crippen molar-refractivity contribution < 1.29 is 0 Å². The van der Waals surface area contributed by atoms with Crippen LogP contribution in [0.2, 0.25) is 0 Å². The molecular weight excluding hydrogens is 268 g/mol. The van der Waals surface area contributed by atoms with Gasteiger partial charge in [-0.2, -0.15) is 10.2 Å². The molecule has 3 N–H and O–H groups in total. The maximum absolute atomic E-state index is 5.51. The van der Waals surface area contributed by atoms with Gasteiger partial charge in [0.15, 0.2) is 5.82 Å². The van der Waals surface area contributed by atoms with Gasteiger partial charge in [-0.05, 0) is 13.0 Å². The molecular formula is C13H16N8. The fourth-order valence-electron chi connectivity index (χ4n) is 2.11. The fourth-order valence-corrected chi connectivity index (χ4v) is 2.11. The van der Waals surface area contributed by atoms with E-state index in [2.05, 4.69) is 25.6 Å². The predicted molar refractivity (Wildman–Crippen MR) is 78.9 cm³/mol. The summed E-state index contributed by atoms with van der Waals surface area (Å²) in [7, 11) is 1.86.